The average molecular weight is 211 g/mol. The van der Waals surface area contributed by atoms with Gasteiger partial charge in [0, 0.05) is 12.1 Å². The minimum absolute atomic E-state index is 0.0385. The van der Waals surface area contributed by atoms with Crippen LogP contribution in [-0.4, -0.2) is 22.2 Å². The third-order valence-electron chi connectivity index (χ3n) is 1.81. The van der Waals surface area contributed by atoms with Gasteiger partial charge in [0.05, 0.1) is 24.3 Å². The monoisotopic (exact) mass is 210 g/mol. The fourth-order valence-electron chi connectivity index (χ4n) is 1.17. The van der Waals surface area contributed by atoms with Crippen molar-refractivity contribution in [2.75, 3.05) is 7.11 Å². The van der Waals surface area contributed by atoms with E-state index in [0.717, 1.165) is 0 Å². The summed E-state index contributed by atoms with van der Waals surface area (Å²) in [6, 6.07) is 3.07. The molecule has 14 heavy (non-hydrogen) atoms. The second-order valence-electron chi connectivity index (χ2n) is 2.71. The molecule has 0 fully saturated rings. The summed E-state index contributed by atoms with van der Waals surface area (Å²) < 4.78 is 4.93. The largest absolute Gasteiger partial charge is 0.504 e. The Morgan fingerprint density at radius 1 is 1.36 bits per heavy atom. The van der Waals surface area contributed by atoms with Crippen LogP contribution in [0.3, 0.4) is 0 Å². The van der Waals surface area contributed by atoms with Crippen molar-refractivity contribution in [3.63, 3.8) is 0 Å². The van der Waals surface area contributed by atoms with E-state index in [1.165, 1.54) is 19.4 Å². The van der Waals surface area contributed by atoms with Crippen LogP contribution < -0.4 is 4.74 Å². The molecule has 5 heteroatoms. The fraction of sp³-hybridized carbons (Fsp3) is 0.111. The normalized spacial score (nSPS) is 10.4. The van der Waals surface area contributed by atoms with Crippen LogP contribution in [-0.2, 0) is 0 Å². The Morgan fingerprint density at radius 2 is 2.14 bits per heavy atom. The molecular weight excluding hydrogens is 204 g/mol. The third kappa shape index (κ3) is 1.44. The molecule has 1 aromatic heterocycles. The average Bonchev–Trinajstić information content (AvgIpc) is 2.17. The van der Waals surface area contributed by atoms with Crippen molar-refractivity contribution in [3.05, 3.63) is 23.5 Å². The van der Waals surface area contributed by atoms with Gasteiger partial charge in [-0.2, -0.15) is 0 Å². The van der Waals surface area contributed by atoms with Crippen molar-refractivity contribution in [3.8, 4) is 11.5 Å². The zero-order valence-corrected chi connectivity index (χ0v) is 8.12. The first-order valence-electron chi connectivity index (χ1n) is 3.90. The molecule has 0 aliphatic rings. The maximum Gasteiger partial charge on any atom is 0.162 e. The van der Waals surface area contributed by atoms with Crippen molar-refractivity contribution in [2.45, 2.75) is 0 Å². The van der Waals surface area contributed by atoms with Crippen molar-refractivity contribution in [1.82, 2.24) is 9.97 Å². The number of rotatable bonds is 1. The van der Waals surface area contributed by atoms with E-state index in [1.54, 1.807) is 6.07 Å². The molecule has 0 aliphatic heterocycles. The van der Waals surface area contributed by atoms with Crippen molar-refractivity contribution in [2.24, 2.45) is 0 Å². The molecule has 0 atom stereocenters. The van der Waals surface area contributed by atoms with Gasteiger partial charge in [0.15, 0.2) is 11.5 Å². The molecule has 2 aromatic rings. The highest BCUT2D eigenvalue weighted by atomic mass is 35.5. The van der Waals surface area contributed by atoms with Crippen LogP contribution in [0.25, 0.3) is 11.0 Å². The Kier molecular flexibility index (Phi) is 2.13. The summed E-state index contributed by atoms with van der Waals surface area (Å²) in [7, 11) is 1.47. The summed E-state index contributed by atoms with van der Waals surface area (Å²) in [5, 5.41) is 9.76. The Morgan fingerprint density at radius 3 is 2.86 bits per heavy atom. The zero-order valence-electron chi connectivity index (χ0n) is 7.36. The van der Waals surface area contributed by atoms with Crippen molar-refractivity contribution < 1.29 is 9.84 Å². The molecule has 2 rings (SSSR count). The molecule has 0 unspecified atom stereocenters. The number of aromatic hydroxyl groups is 1. The first kappa shape index (κ1) is 9.02. The molecule has 0 bridgehead atoms. The van der Waals surface area contributed by atoms with Crippen molar-refractivity contribution in [1.29, 1.82) is 0 Å². The molecule has 1 aromatic carbocycles. The van der Waals surface area contributed by atoms with Crippen LogP contribution in [0.2, 0.25) is 5.15 Å². The predicted octanol–water partition coefficient (Wildman–Crippen LogP) is 2.00. The van der Waals surface area contributed by atoms with Gasteiger partial charge in [0.25, 0.3) is 0 Å². The lowest BCUT2D eigenvalue weighted by molar-refractivity contribution is 0.374. The van der Waals surface area contributed by atoms with Crippen LogP contribution >= 0.6 is 11.6 Å². The smallest absolute Gasteiger partial charge is 0.162 e. The van der Waals surface area contributed by atoms with E-state index >= 15 is 0 Å². The molecule has 72 valence electrons. The molecule has 0 saturated carbocycles. The summed E-state index contributed by atoms with van der Waals surface area (Å²) in [6.45, 7) is 0. The fourth-order valence-corrected chi connectivity index (χ4v) is 1.31. The number of aromatic nitrogens is 2. The molecule has 0 radical (unpaired) electrons. The second-order valence-corrected chi connectivity index (χ2v) is 3.09. The predicted molar refractivity (Wildman–Crippen MR) is 52.8 cm³/mol. The quantitative estimate of drug-likeness (QED) is 0.782. The molecule has 1 N–H and O–H groups in total. The van der Waals surface area contributed by atoms with Crippen LogP contribution in [0.5, 0.6) is 11.5 Å². The number of hydrogen-bond donors (Lipinski definition) is 1. The molecular formula is C9H7ClN2O2. The first-order valence-corrected chi connectivity index (χ1v) is 4.28. The molecule has 0 saturated heterocycles. The molecule has 4 nitrogen and oxygen atoms in total. The van der Waals surface area contributed by atoms with Gasteiger partial charge in [0.1, 0.15) is 5.15 Å². The molecule has 0 aliphatic carbocycles. The minimum atomic E-state index is 0.0385. The summed E-state index contributed by atoms with van der Waals surface area (Å²) in [4.78, 5) is 8.04. The lowest BCUT2D eigenvalue weighted by Crippen LogP contribution is -1.88. The van der Waals surface area contributed by atoms with Crippen molar-refractivity contribution >= 4 is 22.6 Å². The van der Waals surface area contributed by atoms with Gasteiger partial charge < -0.3 is 9.84 Å². The highest BCUT2D eigenvalue weighted by Crippen LogP contribution is 2.29. The van der Waals surface area contributed by atoms with E-state index in [2.05, 4.69) is 9.97 Å². The number of ether oxygens (including phenoxy) is 1. The van der Waals surface area contributed by atoms with Crippen LogP contribution in [0.1, 0.15) is 0 Å². The molecule has 1 heterocycles. The van der Waals surface area contributed by atoms with Gasteiger partial charge in [-0.3, -0.25) is 4.98 Å². The van der Waals surface area contributed by atoms with Crippen LogP contribution in [0, 0.1) is 0 Å². The Labute approximate surface area is 85.1 Å². The number of methoxy groups -OCH3 is 1. The lowest BCUT2D eigenvalue weighted by Gasteiger charge is -2.04. The van der Waals surface area contributed by atoms with Crippen LogP contribution in [0.4, 0.5) is 0 Å². The zero-order chi connectivity index (χ0) is 10.1. The summed E-state index contributed by atoms with van der Waals surface area (Å²) in [5.74, 6) is 0.394. The van der Waals surface area contributed by atoms with E-state index in [9.17, 15) is 5.11 Å². The van der Waals surface area contributed by atoms with E-state index in [0.29, 0.717) is 21.9 Å². The second kappa shape index (κ2) is 3.31. The number of benzene rings is 1. The maximum atomic E-state index is 9.45. The van der Waals surface area contributed by atoms with Gasteiger partial charge in [-0.05, 0) is 0 Å². The number of hydrogen-bond acceptors (Lipinski definition) is 4. The minimum Gasteiger partial charge on any atom is -0.504 e. The van der Waals surface area contributed by atoms with E-state index in [4.69, 9.17) is 16.3 Å². The maximum absolute atomic E-state index is 9.45. The summed E-state index contributed by atoms with van der Waals surface area (Å²) in [6.07, 6.45) is 1.43. The Bertz CT molecular complexity index is 487. The summed E-state index contributed by atoms with van der Waals surface area (Å²) >= 11 is 5.68. The highest BCUT2D eigenvalue weighted by Gasteiger charge is 2.05. The third-order valence-corrected chi connectivity index (χ3v) is 2.00. The molecule has 0 spiro atoms. The number of phenols is 1. The van der Waals surface area contributed by atoms with Gasteiger partial charge in [0.2, 0.25) is 0 Å². The van der Waals surface area contributed by atoms with Gasteiger partial charge >= 0.3 is 0 Å². The number of nitrogens with zero attached hydrogens (tertiary/aromatic N) is 2. The van der Waals surface area contributed by atoms with Gasteiger partial charge in [-0.25, -0.2) is 4.98 Å². The van der Waals surface area contributed by atoms with E-state index in [-0.39, 0.29) is 5.75 Å². The molecule has 0 amide bonds. The number of phenolic OH excluding ortho intramolecular Hbond substituents is 1. The van der Waals surface area contributed by atoms with Crippen LogP contribution in [0.15, 0.2) is 18.3 Å². The standard InChI is InChI=1S/C9H7ClN2O2/c1-14-8-3-6-5(2-7(8)13)11-4-9(10)12-6/h2-4,13H,1H3. The number of fused-ring (bicyclic) bond motifs is 1. The number of halogens is 1. The SMILES string of the molecule is COc1cc2nc(Cl)cnc2cc1O. The lowest BCUT2D eigenvalue weighted by atomic mass is 10.2. The van der Waals surface area contributed by atoms with Gasteiger partial charge in [-0.15, -0.1) is 0 Å². The Balaban J connectivity index is 2.73. The summed E-state index contributed by atoms with van der Waals surface area (Å²) in [5.41, 5.74) is 1.17. The van der Waals surface area contributed by atoms with E-state index in [1.807, 2.05) is 0 Å². The first-order chi connectivity index (χ1) is 6.70. The van der Waals surface area contributed by atoms with E-state index < -0.39 is 0 Å². The Hall–Kier alpha value is -1.55. The van der Waals surface area contributed by atoms with Gasteiger partial charge in [-0.1, -0.05) is 11.6 Å². The highest BCUT2D eigenvalue weighted by molar-refractivity contribution is 6.29. The topological polar surface area (TPSA) is 55.2 Å².